The first-order chi connectivity index (χ1) is 25.7. The van der Waals surface area contributed by atoms with Crippen LogP contribution in [0, 0.1) is 5.41 Å². The maximum absolute atomic E-state index is 14.1. The minimum Gasteiger partial charge on any atom is -0.396 e. The standard InChI is InChI=1S/C28H30F3N3O3.C6H11N.C5H6BrN3O/c29-28(30,31)22-18-20(21-7-9-24(35)32-25(21)36)6-8-23(22)33-14-10-27(11-15-33)12-16-34(17-13-27)26(37)19-4-2-1-3-5-19;1-7-5-3-2-4-6-7;1-9-5(10)4(6)3(7)2-8-9/h1-6,8,18,21H,7,9-17H2,(H,32,35,36);3,5H,2,4,6H2,1H3;2H,7H2,1H3. The van der Waals surface area contributed by atoms with Gasteiger partial charge in [-0.25, -0.2) is 4.68 Å². The zero-order valence-electron chi connectivity index (χ0n) is 30.6. The van der Waals surface area contributed by atoms with E-state index < -0.39 is 29.5 Å². The molecule has 1 unspecified atom stereocenters. The van der Waals surface area contributed by atoms with Crippen molar-refractivity contribution in [1.29, 1.82) is 0 Å². The molecule has 7 rings (SSSR count). The zero-order chi connectivity index (χ0) is 39.0. The van der Waals surface area contributed by atoms with Crippen LogP contribution in [0.3, 0.4) is 0 Å². The number of hydrogen-bond donors (Lipinski definition) is 2. The Bertz CT molecular complexity index is 1880. The number of alkyl halides is 3. The van der Waals surface area contributed by atoms with Crippen LogP contribution in [0.5, 0.6) is 0 Å². The summed E-state index contributed by atoms with van der Waals surface area (Å²) in [5.41, 5.74) is 5.90. The lowest BCUT2D eigenvalue weighted by molar-refractivity contribution is -0.138. The van der Waals surface area contributed by atoms with E-state index in [1.54, 1.807) is 18.0 Å². The number of aromatic nitrogens is 2. The second-order valence-electron chi connectivity index (χ2n) is 14.3. The van der Waals surface area contributed by atoms with E-state index in [-0.39, 0.29) is 41.0 Å². The summed E-state index contributed by atoms with van der Waals surface area (Å²) in [6, 6.07) is 13.3. The Morgan fingerprint density at radius 2 is 1.63 bits per heavy atom. The Morgan fingerprint density at radius 1 is 0.963 bits per heavy atom. The van der Waals surface area contributed by atoms with Gasteiger partial charge in [0.1, 0.15) is 4.47 Å². The average molecular weight is 815 g/mol. The highest BCUT2D eigenvalue weighted by molar-refractivity contribution is 9.10. The molecule has 3 amide bonds. The van der Waals surface area contributed by atoms with Crippen LogP contribution in [0.4, 0.5) is 24.5 Å². The third-order valence-electron chi connectivity index (χ3n) is 10.6. The number of aryl methyl sites for hydroxylation is 1. The monoisotopic (exact) mass is 813 g/mol. The largest absolute Gasteiger partial charge is 0.418 e. The minimum atomic E-state index is -4.56. The number of nitrogens with zero attached hydrogens (tertiary/aromatic N) is 5. The number of piperidine rings is 3. The number of anilines is 2. The van der Waals surface area contributed by atoms with E-state index in [4.69, 9.17) is 5.73 Å². The van der Waals surface area contributed by atoms with Crippen molar-refractivity contribution in [2.45, 2.75) is 63.5 Å². The van der Waals surface area contributed by atoms with Crippen LogP contribution in [0.25, 0.3) is 0 Å². The van der Waals surface area contributed by atoms with E-state index in [0.717, 1.165) is 31.7 Å². The van der Waals surface area contributed by atoms with Crippen LogP contribution in [0.15, 0.2) is 76.3 Å². The highest BCUT2D eigenvalue weighted by Crippen LogP contribution is 2.45. The minimum absolute atomic E-state index is 0.0267. The molecule has 54 heavy (non-hydrogen) atoms. The van der Waals surface area contributed by atoms with Gasteiger partial charge in [0.2, 0.25) is 11.8 Å². The van der Waals surface area contributed by atoms with Crippen LogP contribution in [-0.4, -0.2) is 77.1 Å². The summed E-state index contributed by atoms with van der Waals surface area (Å²) in [6.45, 7) is 3.56. The maximum atomic E-state index is 14.1. The lowest BCUT2D eigenvalue weighted by atomic mass is 9.71. The molecule has 3 aromatic rings. The number of likely N-dealkylation sites (tertiary alicyclic amines) is 1. The Morgan fingerprint density at radius 3 is 2.19 bits per heavy atom. The third kappa shape index (κ3) is 10.1. The number of benzene rings is 2. The highest BCUT2D eigenvalue weighted by Gasteiger charge is 2.42. The maximum Gasteiger partial charge on any atom is 0.418 e. The predicted molar refractivity (Wildman–Crippen MR) is 205 cm³/mol. The van der Waals surface area contributed by atoms with Crippen molar-refractivity contribution in [2.24, 2.45) is 12.5 Å². The van der Waals surface area contributed by atoms with Crippen LogP contribution in [-0.2, 0) is 22.8 Å². The first-order valence-corrected chi connectivity index (χ1v) is 18.9. The zero-order valence-corrected chi connectivity index (χ0v) is 32.2. The molecular formula is C39H47BrF3N7O4. The molecule has 0 radical (unpaired) electrons. The Labute approximate surface area is 321 Å². The Kier molecular flexibility index (Phi) is 13.2. The smallest absolute Gasteiger partial charge is 0.396 e. The predicted octanol–water partition coefficient (Wildman–Crippen LogP) is 6.10. The van der Waals surface area contributed by atoms with Crippen LogP contribution >= 0.6 is 15.9 Å². The molecule has 1 aromatic heterocycles. The van der Waals surface area contributed by atoms with Gasteiger partial charge in [-0.05, 0) is 102 Å². The molecule has 1 spiro atoms. The van der Waals surface area contributed by atoms with E-state index in [1.807, 2.05) is 35.2 Å². The van der Waals surface area contributed by atoms with Crippen molar-refractivity contribution in [3.63, 3.8) is 0 Å². The van der Waals surface area contributed by atoms with Crippen molar-refractivity contribution >= 4 is 45.0 Å². The molecule has 15 heteroatoms. The normalized spacial score (nSPS) is 19.7. The molecule has 11 nitrogen and oxygen atoms in total. The van der Waals surface area contributed by atoms with Crippen molar-refractivity contribution < 1.29 is 27.6 Å². The molecule has 3 saturated heterocycles. The number of rotatable bonds is 3. The van der Waals surface area contributed by atoms with Crippen molar-refractivity contribution in [1.82, 2.24) is 24.9 Å². The third-order valence-corrected chi connectivity index (χ3v) is 11.4. The number of halogens is 4. The Hall–Kier alpha value is -4.66. The lowest BCUT2D eigenvalue weighted by Crippen LogP contribution is -2.48. The second-order valence-corrected chi connectivity index (χ2v) is 15.1. The van der Waals surface area contributed by atoms with Crippen molar-refractivity contribution in [3.05, 3.63) is 98.5 Å². The van der Waals surface area contributed by atoms with Gasteiger partial charge in [0.25, 0.3) is 11.5 Å². The molecular weight excluding hydrogens is 767 g/mol. The van der Waals surface area contributed by atoms with E-state index >= 15 is 0 Å². The number of allylic oxidation sites excluding steroid dienone is 1. The fourth-order valence-corrected chi connectivity index (χ4v) is 7.62. The molecule has 5 heterocycles. The molecule has 4 aliphatic rings. The number of imide groups is 1. The molecule has 2 aromatic carbocycles. The summed E-state index contributed by atoms with van der Waals surface area (Å²) in [7, 11) is 3.67. The molecule has 4 aliphatic heterocycles. The van der Waals surface area contributed by atoms with E-state index in [9.17, 15) is 32.3 Å². The number of carbonyl (C=O) groups is 3. The van der Waals surface area contributed by atoms with Gasteiger partial charge in [-0.3, -0.25) is 24.5 Å². The quantitative estimate of drug-likeness (QED) is 0.304. The number of nitrogens with two attached hydrogens (primary N) is 1. The van der Waals surface area contributed by atoms with Crippen molar-refractivity contribution in [3.8, 4) is 0 Å². The summed E-state index contributed by atoms with van der Waals surface area (Å²) >= 11 is 3.03. The molecule has 0 bridgehead atoms. The molecule has 0 aliphatic carbocycles. The van der Waals surface area contributed by atoms with Crippen LogP contribution < -0.4 is 21.5 Å². The van der Waals surface area contributed by atoms with Gasteiger partial charge in [-0.1, -0.05) is 30.3 Å². The summed E-state index contributed by atoms with van der Waals surface area (Å²) in [5, 5.41) is 5.91. The molecule has 1 atom stereocenters. The number of nitrogens with one attached hydrogen (secondary N) is 1. The fraction of sp³-hybridized carbons (Fsp3) is 0.462. The molecule has 3 N–H and O–H groups in total. The molecule has 290 valence electrons. The van der Waals surface area contributed by atoms with Gasteiger partial charge in [0.05, 0.1) is 23.4 Å². The SMILES string of the molecule is CN1C=CCCC1.Cn1ncc(N)c(Br)c1=O.O=C1CCC(c2ccc(N3CCC4(CCN(C(=O)c5ccccc5)CC4)CC3)c(C(F)(F)F)c2)C(=O)N1. The van der Waals surface area contributed by atoms with Gasteiger partial charge in [-0.15, -0.1) is 0 Å². The van der Waals surface area contributed by atoms with Gasteiger partial charge in [0, 0.05) is 64.5 Å². The highest BCUT2D eigenvalue weighted by atomic mass is 79.9. The topological polar surface area (TPSA) is 134 Å². The van der Waals surface area contributed by atoms with Gasteiger partial charge in [0.15, 0.2) is 0 Å². The van der Waals surface area contributed by atoms with Crippen LogP contribution in [0.1, 0.15) is 78.8 Å². The van der Waals surface area contributed by atoms with E-state index in [0.29, 0.717) is 41.9 Å². The van der Waals surface area contributed by atoms with E-state index in [2.05, 4.69) is 50.6 Å². The summed E-state index contributed by atoms with van der Waals surface area (Å²) in [5.74, 6) is -1.68. The molecule has 0 saturated carbocycles. The number of nitrogen functional groups attached to an aromatic ring is 1. The lowest BCUT2D eigenvalue weighted by Gasteiger charge is -2.47. The number of amides is 3. The van der Waals surface area contributed by atoms with Gasteiger partial charge < -0.3 is 20.4 Å². The summed E-state index contributed by atoms with van der Waals surface area (Å²) in [4.78, 5) is 53.3. The summed E-state index contributed by atoms with van der Waals surface area (Å²) < 4.78 is 43.9. The first-order valence-electron chi connectivity index (χ1n) is 18.2. The van der Waals surface area contributed by atoms with E-state index in [1.165, 1.54) is 36.3 Å². The Balaban J connectivity index is 0.000000270. The van der Waals surface area contributed by atoms with Gasteiger partial charge in [-0.2, -0.15) is 18.3 Å². The summed E-state index contributed by atoms with van der Waals surface area (Å²) in [6.07, 6.45) is 7.36. The molecule has 3 fully saturated rings. The van der Waals surface area contributed by atoms with Crippen LogP contribution in [0.2, 0.25) is 0 Å². The van der Waals surface area contributed by atoms with Gasteiger partial charge >= 0.3 is 6.18 Å². The number of hydrogen-bond acceptors (Lipinski definition) is 8. The second kappa shape index (κ2) is 17.7. The fourth-order valence-electron chi connectivity index (χ4n) is 7.27. The average Bonchev–Trinajstić information content (AvgIpc) is 3.17. The first kappa shape index (κ1) is 40.5. The van der Waals surface area contributed by atoms with Crippen molar-refractivity contribution in [2.75, 3.05) is 50.4 Å². The number of carbonyl (C=O) groups excluding carboxylic acids is 3.